The summed E-state index contributed by atoms with van der Waals surface area (Å²) in [7, 11) is 1.99. The van der Waals surface area contributed by atoms with Crippen LogP contribution < -0.4 is 5.32 Å². The van der Waals surface area contributed by atoms with Crippen molar-refractivity contribution in [1.82, 2.24) is 10.3 Å². The number of phenols is 1. The fraction of sp³-hybridized carbons (Fsp3) is 0.267. The highest BCUT2D eigenvalue weighted by Crippen LogP contribution is 2.31. The van der Waals surface area contributed by atoms with Gasteiger partial charge in [-0.2, -0.15) is 0 Å². The number of nitrogens with zero attached hydrogens (tertiary/aromatic N) is 1. The number of rotatable bonds is 2. The summed E-state index contributed by atoms with van der Waals surface area (Å²) in [6.07, 6.45) is 2.16. The van der Waals surface area contributed by atoms with Crippen LogP contribution in [0.4, 0.5) is 0 Å². The van der Waals surface area contributed by atoms with E-state index in [1.807, 2.05) is 19.2 Å². The molecule has 0 bridgehead atoms. The van der Waals surface area contributed by atoms with Crippen LogP contribution in [0.2, 0.25) is 0 Å². The van der Waals surface area contributed by atoms with E-state index in [9.17, 15) is 5.11 Å². The molecular weight excluding hydrogens is 224 g/mol. The van der Waals surface area contributed by atoms with Crippen molar-refractivity contribution in [2.24, 2.45) is 0 Å². The third-order valence-electron chi connectivity index (χ3n) is 3.57. The lowest BCUT2D eigenvalue weighted by Crippen LogP contribution is -2.12. The zero-order valence-electron chi connectivity index (χ0n) is 10.4. The summed E-state index contributed by atoms with van der Waals surface area (Å²) in [5.74, 6) is 0.287. The molecule has 0 fully saturated rings. The molecule has 2 aromatic rings. The zero-order valence-corrected chi connectivity index (χ0v) is 10.4. The Hall–Kier alpha value is -1.87. The van der Waals surface area contributed by atoms with Crippen molar-refractivity contribution in [2.75, 3.05) is 7.05 Å². The number of aryl methyl sites for hydroxylation is 1. The van der Waals surface area contributed by atoms with Crippen LogP contribution in [0.3, 0.4) is 0 Å². The van der Waals surface area contributed by atoms with Gasteiger partial charge in [-0.25, -0.2) is 0 Å². The van der Waals surface area contributed by atoms with E-state index in [4.69, 9.17) is 4.98 Å². The molecule has 0 saturated carbocycles. The second-order valence-corrected chi connectivity index (χ2v) is 4.66. The predicted molar refractivity (Wildman–Crippen MR) is 71.5 cm³/mol. The highest BCUT2D eigenvalue weighted by molar-refractivity contribution is 5.61. The van der Waals surface area contributed by atoms with E-state index in [0.717, 1.165) is 24.1 Å². The summed E-state index contributed by atoms with van der Waals surface area (Å²) in [5, 5.41) is 12.6. The van der Waals surface area contributed by atoms with Crippen LogP contribution in [-0.2, 0) is 6.42 Å². The van der Waals surface area contributed by atoms with Crippen molar-refractivity contribution in [3.8, 4) is 17.0 Å². The molecule has 1 atom stereocenters. The molecule has 3 nitrogen and oxygen atoms in total. The van der Waals surface area contributed by atoms with Gasteiger partial charge in [0, 0.05) is 17.3 Å². The first-order valence-corrected chi connectivity index (χ1v) is 6.24. The van der Waals surface area contributed by atoms with Crippen molar-refractivity contribution in [3.05, 3.63) is 47.7 Å². The highest BCUT2D eigenvalue weighted by atomic mass is 16.3. The van der Waals surface area contributed by atoms with Gasteiger partial charge in [0.2, 0.25) is 0 Å². The number of phenolic OH excluding ortho intramolecular Hbond substituents is 1. The highest BCUT2D eigenvalue weighted by Gasteiger charge is 2.22. The van der Waals surface area contributed by atoms with Crippen molar-refractivity contribution in [3.63, 3.8) is 0 Å². The molecule has 2 N–H and O–H groups in total. The van der Waals surface area contributed by atoms with E-state index < -0.39 is 0 Å². The van der Waals surface area contributed by atoms with Crippen LogP contribution in [0.25, 0.3) is 11.3 Å². The lowest BCUT2D eigenvalue weighted by molar-refractivity contribution is 0.475. The number of fused-ring (bicyclic) bond motifs is 1. The number of hydrogen-bond acceptors (Lipinski definition) is 3. The number of hydrogen-bond donors (Lipinski definition) is 2. The second kappa shape index (κ2) is 4.42. The van der Waals surface area contributed by atoms with Gasteiger partial charge >= 0.3 is 0 Å². The van der Waals surface area contributed by atoms with Crippen molar-refractivity contribution in [1.29, 1.82) is 0 Å². The van der Waals surface area contributed by atoms with Gasteiger partial charge in [0.15, 0.2) is 0 Å². The molecule has 0 aliphatic heterocycles. The molecule has 1 aliphatic carbocycles. The van der Waals surface area contributed by atoms with E-state index in [-0.39, 0.29) is 5.75 Å². The van der Waals surface area contributed by atoms with E-state index >= 15 is 0 Å². The van der Waals surface area contributed by atoms with Crippen LogP contribution >= 0.6 is 0 Å². The van der Waals surface area contributed by atoms with E-state index in [1.165, 1.54) is 11.3 Å². The Bertz CT molecular complexity index is 563. The minimum Gasteiger partial charge on any atom is -0.508 e. The number of nitrogens with one attached hydrogen (secondary N) is 1. The minimum absolute atomic E-state index is 0.287. The van der Waals surface area contributed by atoms with E-state index in [2.05, 4.69) is 17.4 Å². The van der Waals surface area contributed by atoms with Gasteiger partial charge in [-0.1, -0.05) is 6.07 Å². The zero-order chi connectivity index (χ0) is 12.5. The summed E-state index contributed by atoms with van der Waals surface area (Å²) in [6, 6.07) is 11.9. The first-order valence-electron chi connectivity index (χ1n) is 6.24. The molecule has 0 amide bonds. The third-order valence-corrected chi connectivity index (χ3v) is 3.57. The first kappa shape index (κ1) is 11.2. The first-order chi connectivity index (χ1) is 8.78. The van der Waals surface area contributed by atoms with Gasteiger partial charge in [-0.15, -0.1) is 0 Å². The van der Waals surface area contributed by atoms with Crippen molar-refractivity contribution < 1.29 is 5.11 Å². The van der Waals surface area contributed by atoms with Crippen LogP contribution in [0.1, 0.15) is 23.7 Å². The Labute approximate surface area is 107 Å². The normalized spacial score (nSPS) is 17.7. The van der Waals surface area contributed by atoms with Gasteiger partial charge in [-0.05, 0) is 55.8 Å². The quantitative estimate of drug-likeness (QED) is 0.848. The van der Waals surface area contributed by atoms with Crippen molar-refractivity contribution >= 4 is 0 Å². The maximum atomic E-state index is 9.30. The molecule has 1 aliphatic rings. The maximum absolute atomic E-state index is 9.30. The monoisotopic (exact) mass is 240 g/mol. The summed E-state index contributed by atoms with van der Waals surface area (Å²) in [6.45, 7) is 0. The summed E-state index contributed by atoms with van der Waals surface area (Å²) < 4.78 is 0. The molecular formula is C15H16N2O. The van der Waals surface area contributed by atoms with E-state index in [0.29, 0.717) is 6.04 Å². The minimum atomic E-state index is 0.287. The Morgan fingerprint density at radius 2 is 1.94 bits per heavy atom. The Morgan fingerprint density at radius 3 is 2.67 bits per heavy atom. The van der Waals surface area contributed by atoms with E-state index in [1.54, 1.807) is 12.1 Å². The van der Waals surface area contributed by atoms with Gasteiger partial charge in [0.1, 0.15) is 5.75 Å². The third kappa shape index (κ3) is 1.87. The summed E-state index contributed by atoms with van der Waals surface area (Å²) in [4.78, 5) is 4.73. The van der Waals surface area contributed by atoms with Crippen LogP contribution in [0.15, 0.2) is 36.4 Å². The largest absolute Gasteiger partial charge is 0.508 e. The topological polar surface area (TPSA) is 45.2 Å². The van der Waals surface area contributed by atoms with Gasteiger partial charge < -0.3 is 10.4 Å². The average Bonchev–Trinajstić information content (AvgIpc) is 2.81. The fourth-order valence-corrected chi connectivity index (χ4v) is 2.56. The number of aromatic hydroxyl groups is 1. The average molecular weight is 240 g/mol. The lowest BCUT2D eigenvalue weighted by Gasteiger charge is -2.10. The molecule has 3 rings (SSSR count). The lowest BCUT2D eigenvalue weighted by atomic mass is 10.1. The molecule has 1 aromatic heterocycles. The SMILES string of the molecule is CNC1CCc2nc(-c3ccc(O)cc3)ccc21. The number of benzene rings is 1. The summed E-state index contributed by atoms with van der Waals surface area (Å²) >= 11 is 0. The molecule has 3 heteroatoms. The second-order valence-electron chi connectivity index (χ2n) is 4.66. The Morgan fingerprint density at radius 1 is 1.17 bits per heavy atom. The Balaban J connectivity index is 1.98. The molecule has 92 valence electrons. The van der Waals surface area contributed by atoms with Crippen LogP contribution in [0.5, 0.6) is 5.75 Å². The summed E-state index contributed by atoms with van der Waals surface area (Å²) in [5.41, 5.74) is 4.54. The predicted octanol–water partition coefficient (Wildman–Crippen LogP) is 2.66. The number of pyridine rings is 1. The van der Waals surface area contributed by atoms with Gasteiger partial charge in [0.25, 0.3) is 0 Å². The maximum Gasteiger partial charge on any atom is 0.115 e. The molecule has 1 heterocycles. The number of aromatic nitrogens is 1. The molecule has 0 spiro atoms. The standard InChI is InChI=1S/C15H16N2O/c1-16-14-8-9-15-12(14)6-7-13(17-15)10-2-4-11(18)5-3-10/h2-7,14,16,18H,8-9H2,1H3. The fourth-order valence-electron chi connectivity index (χ4n) is 2.56. The molecule has 1 unspecified atom stereocenters. The molecule has 18 heavy (non-hydrogen) atoms. The molecule has 0 saturated heterocycles. The van der Waals surface area contributed by atoms with Crippen molar-refractivity contribution in [2.45, 2.75) is 18.9 Å². The Kier molecular flexibility index (Phi) is 2.76. The molecule has 0 radical (unpaired) electrons. The van der Waals surface area contributed by atoms with Gasteiger partial charge in [-0.3, -0.25) is 4.98 Å². The van der Waals surface area contributed by atoms with Crippen LogP contribution in [0, 0.1) is 0 Å². The van der Waals surface area contributed by atoms with Gasteiger partial charge in [0.05, 0.1) is 5.69 Å². The van der Waals surface area contributed by atoms with Crippen LogP contribution in [-0.4, -0.2) is 17.1 Å². The molecule has 1 aromatic carbocycles. The smallest absolute Gasteiger partial charge is 0.115 e.